The zero-order chi connectivity index (χ0) is 13.5. The van der Waals surface area contributed by atoms with Gasteiger partial charge in [0.25, 0.3) is 0 Å². The highest BCUT2D eigenvalue weighted by molar-refractivity contribution is 5.16. The molecule has 2 N–H and O–H groups in total. The van der Waals surface area contributed by atoms with E-state index < -0.39 is 0 Å². The van der Waals surface area contributed by atoms with Crippen molar-refractivity contribution in [3.05, 3.63) is 35.9 Å². The van der Waals surface area contributed by atoms with Gasteiger partial charge in [-0.25, -0.2) is 0 Å². The van der Waals surface area contributed by atoms with Crippen LogP contribution in [-0.4, -0.2) is 37.0 Å². The lowest BCUT2D eigenvalue weighted by Gasteiger charge is -2.31. The SMILES string of the molecule is COC1CCCC(NC(CO)Cc2ccccc2)C1. The molecule has 1 fully saturated rings. The highest BCUT2D eigenvalue weighted by Gasteiger charge is 2.23. The first-order chi connectivity index (χ1) is 9.31. The Labute approximate surface area is 116 Å². The van der Waals surface area contributed by atoms with Crippen molar-refractivity contribution in [3.8, 4) is 0 Å². The Kier molecular flexibility index (Phi) is 5.83. The smallest absolute Gasteiger partial charge is 0.0587 e. The van der Waals surface area contributed by atoms with E-state index in [1.807, 2.05) is 18.2 Å². The fourth-order valence-corrected chi connectivity index (χ4v) is 2.92. The predicted octanol–water partition coefficient (Wildman–Crippen LogP) is 2.14. The molecule has 0 spiro atoms. The summed E-state index contributed by atoms with van der Waals surface area (Å²) >= 11 is 0. The zero-order valence-corrected chi connectivity index (χ0v) is 11.7. The van der Waals surface area contributed by atoms with Crippen LogP contribution in [0.1, 0.15) is 31.2 Å². The van der Waals surface area contributed by atoms with Crippen molar-refractivity contribution in [1.29, 1.82) is 0 Å². The second kappa shape index (κ2) is 7.63. The Bertz CT molecular complexity index is 355. The number of benzene rings is 1. The van der Waals surface area contributed by atoms with E-state index in [-0.39, 0.29) is 12.6 Å². The third-order valence-corrected chi connectivity index (χ3v) is 3.98. The average molecular weight is 263 g/mol. The number of methoxy groups -OCH3 is 1. The van der Waals surface area contributed by atoms with Crippen LogP contribution >= 0.6 is 0 Å². The lowest BCUT2D eigenvalue weighted by atomic mass is 9.92. The van der Waals surface area contributed by atoms with Crippen molar-refractivity contribution in [1.82, 2.24) is 5.32 Å². The van der Waals surface area contributed by atoms with Gasteiger partial charge in [-0.3, -0.25) is 0 Å². The van der Waals surface area contributed by atoms with Crippen LogP contribution < -0.4 is 5.32 Å². The molecule has 1 saturated carbocycles. The minimum Gasteiger partial charge on any atom is -0.395 e. The summed E-state index contributed by atoms with van der Waals surface area (Å²) in [4.78, 5) is 0. The standard InChI is InChI=1S/C16H25NO2/c1-19-16-9-5-8-14(11-16)17-15(12-18)10-13-6-3-2-4-7-13/h2-4,6-7,14-18H,5,8-12H2,1H3. The second-order valence-electron chi connectivity index (χ2n) is 5.46. The second-order valence-corrected chi connectivity index (χ2v) is 5.46. The third-order valence-electron chi connectivity index (χ3n) is 3.98. The first-order valence-corrected chi connectivity index (χ1v) is 7.25. The van der Waals surface area contributed by atoms with E-state index >= 15 is 0 Å². The minimum atomic E-state index is 0.142. The summed E-state index contributed by atoms with van der Waals surface area (Å²) in [6, 6.07) is 11.0. The van der Waals surface area contributed by atoms with E-state index in [1.54, 1.807) is 7.11 Å². The molecule has 3 heteroatoms. The highest BCUT2D eigenvalue weighted by atomic mass is 16.5. The maximum absolute atomic E-state index is 9.55. The van der Waals surface area contributed by atoms with Gasteiger partial charge in [-0.15, -0.1) is 0 Å². The summed E-state index contributed by atoms with van der Waals surface area (Å²) in [5.41, 5.74) is 1.27. The van der Waals surface area contributed by atoms with Crippen molar-refractivity contribution in [2.75, 3.05) is 13.7 Å². The fourth-order valence-electron chi connectivity index (χ4n) is 2.92. The number of ether oxygens (including phenoxy) is 1. The highest BCUT2D eigenvalue weighted by Crippen LogP contribution is 2.21. The summed E-state index contributed by atoms with van der Waals surface area (Å²) in [5, 5.41) is 13.1. The Morgan fingerprint density at radius 3 is 2.79 bits per heavy atom. The molecule has 0 radical (unpaired) electrons. The molecule has 0 saturated heterocycles. The van der Waals surface area contributed by atoms with E-state index in [0.29, 0.717) is 12.1 Å². The maximum atomic E-state index is 9.55. The molecule has 0 aliphatic heterocycles. The molecule has 3 unspecified atom stereocenters. The van der Waals surface area contributed by atoms with Gasteiger partial charge in [0.2, 0.25) is 0 Å². The van der Waals surface area contributed by atoms with E-state index in [0.717, 1.165) is 19.3 Å². The molecule has 2 rings (SSSR count). The number of aliphatic hydroxyl groups excluding tert-OH is 1. The maximum Gasteiger partial charge on any atom is 0.0587 e. The predicted molar refractivity (Wildman–Crippen MR) is 77.2 cm³/mol. The lowest BCUT2D eigenvalue weighted by molar-refractivity contribution is 0.0550. The molecule has 1 aromatic carbocycles. The van der Waals surface area contributed by atoms with E-state index in [1.165, 1.54) is 18.4 Å². The minimum absolute atomic E-state index is 0.142. The van der Waals surface area contributed by atoms with Gasteiger partial charge in [-0.2, -0.15) is 0 Å². The molecule has 0 heterocycles. The number of nitrogens with one attached hydrogen (secondary N) is 1. The largest absolute Gasteiger partial charge is 0.395 e. The summed E-state index contributed by atoms with van der Waals surface area (Å²) in [6.45, 7) is 0.184. The van der Waals surface area contributed by atoms with Crippen molar-refractivity contribution in [2.24, 2.45) is 0 Å². The molecule has 106 valence electrons. The Morgan fingerprint density at radius 1 is 1.32 bits per heavy atom. The van der Waals surface area contributed by atoms with Crippen LogP contribution in [0.4, 0.5) is 0 Å². The average Bonchev–Trinajstić information content (AvgIpc) is 2.48. The molecular formula is C16H25NO2. The number of hydrogen-bond donors (Lipinski definition) is 2. The zero-order valence-electron chi connectivity index (χ0n) is 11.7. The first-order valence-electron chi connectivity index (χ1n) is 7.25. The molecular weight excluding hydrogens is 238 g/mol. The Balaban J connectivity index is 1.85. The van der Waals surface area contributed by atoms with Crippen LogP contribution in [0, 0.1) is 0 Å². The first kappa shape index (κ1) is 14.5. The van der Waals surface area contributed by atoms with Crippen LogP contribution in [-0.2, 0) is 11.2 Å². The molecule has 0 bridgehead atoms. The fraction of sp³-hybridized carbons (Fsp3) is 0.625. The van der Waals surface area contributed by atoms with Gasteiger partial charge in [0, 0.05) is 19.2 Å². The van der Waals surface area contributed by atoms with E-state index in [9.17, 15) is 5.11 Å². The van der Waals surface area contributed by atoms with Crippen LogP contribution in [0.15, 0.2) is 30.3 Å². The van der Waals surface area contributed by atoms with E-state index in [4.69, 9.17) is 4.74 Å². The van der Waals surface area contributed by atoms with Gasteiger partial charge >= 0.3 is 0 Å². The van der Waals surface area contributed by atoms with Gasteiger partial charge in [0.15, 0.2) is 0 Å². The number of rotatable bonds is 6. The molecule has 0 aromatic heterocycles. The molecule has 3 atom stereocenters. The number of aliphatic hydroxyl groups is 1. The molecule has 1 aliphatic rings. The third kappa shape index (κ3) is 4.60. The summed E-state index contributed by atoms with van der Waals surface area (Å²) in [7, 11) is 1.79. The quantitative estimate of drug-likeness (QED) is 0.826. The monoisotopic (exact) mass is 263 g/mol. The Hall–Kier alpha value is -0.900. The molecule has 3 nitrogen and oxygen atoms in total. The normalized spacial score (nSPS) is 25.2. The van der Waals surface area contributed by atoms with Crippen LogP contribution in [0.5, 0.6) is 0 Å². The van der Waals surface area contributed by atoms with Gasteiger partial charge < -0.3 is 15.2 Å². The van der Waals surface area contributed by atoms with Crippen LogP contribution in [0.2, 0.25) is 0 Å². The van der Waals surface area contributed by atoms with Gasteiger partial charge in [0.05, 0.1) is 12.7 Å². The molecule has 0 amide bonds. The summed E-state index contributed by atoms with van der Waals surface area (Å²) in [6.07, 6.45) is 5.87. The summed E-state index contributed by atoms with van der Waals surface area (Å²) in [5.74, 6) is 0. The lowest BCUT2D eigenvalue weighted by Crippen LogP contribution is -2.45. The van der Waals surface area contributed by atoms with Gasteiger partial charge in [0.1, 0.15) is 0 Å². The Morgan fingerprint density at radius 2 is 2.11 bits per heavy atom. The molecule has 1 aromatic rings. The summed E-state index contributed by atoms with van der Waals surface area (Å²) < 4.78 is 5.45. The van der Waals surface area contributed by atoms with Crippen LogP contribution in [0.3, 0.4) is 0 Å². The number of hydrogen-bond acceptors (Lipinski definition) is 3. The molecule has 19 heavy (non-hydrogen) atoms. The van der Waals surface area contributed by atoms with Gasteiger partial charge in [-0.1, -0.05) is 30.3 Å². The molecule has 1 aliphatic carbocycles. The topological polar surface area (TPSA) is 41.5 Å². The van der Waals surface area contributed by atoms with E-state index in [2.05, 4.69) is 17.4 Å². The van der Waals surface area contributed by atoms with Crippen molar-refractivity contribution in [3.63, 3.8) is 0 Å². The van der Waals surface area contributed by atoms with Gasteiger partial charge in [-0.05, 0) is 37.7 Å². The van der Waals surface area contributed by atoms with Crippen molar-refractivity contribution in [2.45, 2.75) is 50.3 Å². The van der Waals surface area contributed by atoms with Crippen molar-refractivity contribution >= 4 is 0 Å². The van der Waals surface area contributed by atoms with Crippen LogP contribution in [0.25, 0.3) is 0 Å². The van der Waals surface area contributed by atoms with Crippen molar-refractivity contribution < 1.29 is 9.84 Å².